The smallest absolute Gasteiger partial charge is 0.321 e. The molecule has 0 bridgehead atoms. The first-order chi connectivity index (χ1) is 14.7. The number of fused-ring (bicyclic) bond motifs is 1. The average Bonchev–Trinajstić information content (AvgIpc) is 3.45. The molecule has 2 aromatic heterocycles. The molecule has 3 heterocycles. The van der Waals surface area contributed by atoms with Gasteiger partial charge in [-0.3, -0.25) is 0 Å². The van der Waals surface area contributed by atoms with E-state index in [2.05, 4.69) is 20.4 Å². The number of hydrogen-bond donors (Lipinski definition) is 1. The predicted molar refractivity (Wildman–Crippen MR) is 111 cm³/mol. The fourth-order valence-corrected chi connectivity index (χ4v) is 3.57. The monoisotopic (exact) mass is 402 g/mol. The summed E-state index contributed by atoms with van der Waals surface area (Å²) in [4.78, 5) is 22.8. The number of halogens is 1. The number of benzene rings is 2. The Balaban J connectivity index is 1.46. The maximum absolute atomic E-state index is 14.5. The van der Waals surface area contributed by atoms with Gasteiger partial charge in [-0.1, -0.05) is 30.3 Å². The van der Waals surface area contributed by atoms with Gasteiger partial charge in [-0.2, -0.15) is 4.98 Å². The van der Waals surface area contributed by atoms with Gasteiger partial charge in [0.15, 0.2) is 5.82 Å². The molecule has 1 N–H and O–H groups in total. The van der Waals surface area contributed by atoms with Gasteiger partial charge in [-0.05, 0) is 36.6 Å². The number of nitrogens with one attached hydrogen (secondary N) is 1. The molecular weight excluding hydrogens is 383 g/mol. The van der Waals surface area contributed by atoms with Gasteiger partial charge in [0, 0.05) is 36.7 Å². The Hall–Kier alpha value is -3.81. The minimum atomic E-state index is -0.464. The summed E-state index contributed by atoms with van der Waals surface area (Å²) >= 11 is 0. The summed E-state index contributed by atoms with van der Waals surface area (Å²) in [6.45, 7) is 1.48. The highest BCUT2D eigenvalue weighted by Gasteiger charge is 2.19. The number of rotatable bonds is 3. The van der Waals surface area contributed by atoms with E-state index < -0.39 is 5.82 Å². The third kappa shape index (κ3) is 3.47. The highest BCUT2D eigenvalue weighted by Crippen LogP contribution is 2.25. The molecule has 0 aliphatic carbocycles. The molecule has 1 aliphatic rings. The van der Waals surface area contributed by atoms with Crippen LogP contribution in [0.3, 0.4) is 0 Å². The van der Waals surface area contributed by atoms with Crippen LogP contribution in [0, 0.1) is 5.82 Å². The van der Waals surface area contributed by atoms with Crippen molar-refractivity contribution in [1.29, 1.82) is 0 Å². The van der Waals surface area contributed by atoms with Crippen LogP contribution in [0.25, 0.3) is 28.3 Å². The van der Waals surface area contributed by atoms with Crippen LogP contribution in [0.4, 0.5) is 14.9 Å². The SMILES string of the molecule is O=C(Nc1ccc(F)c(-c2nc3ncc(-c4ccccc4)cn3n2)c1)N1CCCC1. The van der Waals surface area contributed by atoms with Crippen LogP contribution in [0.5, 0.6) is 0 Å². The van der Waals surface area contributed by atoms with E-state index in [9.17, 15) is 9.18 Å². The number of anilines is 1. The second kappa shape index (κ2) is 7.55. The normalized spacial score (nSPS) is 13.7. The molecule has 8 heteroatoms. The van der Waals surface area contributed by atoms with Crippen LogP contribution in [0.15, 0.2) is 60.9 Å². The van der Waals surface area contributed by atoms with Gasteiger partial charge in [0.05, 0.1) is 5.56 Å². The molecular formula is C22H19FN6O. The largest absolute Gasteiger partial charge is 0.325 e. The van der Waals surface area contributed by atoms with Crippen molar-refractivity contribution in [2.75, 3.05) is 18.4 Å². The van der Waals surface area contributed by atoms with Crippen molar-refractivity contribution in [3.63, 3.8) is 0 Å². The molecule has 1 fully saturated rings. The summed E-state index contributed by atoms with van der Waals surface area (Å²) in [5, 5.41) is 7.24. The van der Waals surface area contributed by atoms with Crippen LogP contribution in [-0.4, -0.2) is 43.6 Å². The van der Waals surface area contributed by atoms with E-state index in [4.69, 9.17) is 0 Å². The molecule has 2 aromatic carbocycles. The second-order valence-corrected chi connectivity index (χ2v) is 7.21. The van der Waals surface area contributed by atoms with Gasteiger partial charge in [-0.25, -0.2) is 18.7 Å². The number of carbonyl (C=O) groups excluding carboxylic acids is 1. The minimum Gasteiger partial charge on any atom is -0.325 e. The fourth-order valence-electron chi connectivity index (χ4n) is 3.57. The zero-order valence-electron chi connectivity index (χ0n) is 16.1. The maximum atomic E-state index is 14.5. The summed E-state index contributed by atoms with van der Waals surface area (Å²) in [6.07, 6.45) is 5.54. The van der Waals surface area contributed by atoms with E-state index in [-0.39, 0.29) is 17.4 Å². The van der Waals surface area contributed by atoms with Gasteiger partial charge in [0.2, 0.25) is 0 Å². The van der Waals surface area contributed by atoms with Crippen LogP contribution in [-0.2, 0) is 0 Å². The Morgan fingerprint density at radius 1 is 1.03 bits per heavy atom. The van der Waals surface area contributed by atoms with Crippen LogP contribution in [0.2, 0.25) is 0 Å². The summed E-state index contributed by atoms with van der Waals surface area (Å²) < 4.78 is 16.1. The first-order valence-electron chi connectivity index (χ1n) is 9.81. The molecule has 1 saturated heterocycles. The molecule has 4 aromatic rings. The number of nitrogens with zero attached hydrogens (tertiary/aromatic N) is 5. The van der Waals surface area contributed by atoms with Crippen molar-refractivity contribution in [1.82, 2.24) is 24.5 Å². The van der Waals surface area contributed by atoms with E-state index >= 15 is 0 Å². The first-order valence-corrected chi connectivity index (χ1v) is 9.81. The van der Waals surface area contributed by atoms with Crippen molar-refractivity contribution >= 4 is 17.5 Å². The number of amides is 2. The summed E-state index contributed by atoms with van der Waals surface area (Å²) in [5.41, 5.74) is 2.59. The predicted octanol–water partition coefficient (Wildman–Crippen LogP) is 4.23. The third-order valence-electron chi connectivity index (χ3n) is 5.15. The Kier molecular flexibility index (Phi) is 4.59. The number of aromatic nitrogens is 4. The molecule has 30 heavy (non-hydrogen) atoms. The lowest BCUT2D eigenvalue weighted by Crippen LogP contribution is -2.32. The molecule has 2 amide bonds. The third-order valence-corrected chi connectivity index (χ3v) is 5.15. The van der Waals surface area contributed by atoms with Gasteiger partial charge in [0.1, 0.15) is 5.82 Å². The molecule has 0 saturated carbocycles. The van der Waals surface area contributed by atoms with Crippen molar-refractivity contribution in [2.24, 2.45) is 0 Å². The van der Waals surface area contributed by atoms with Gasteiger partial charge in [0.25, 0.3) is 5.78 Å². The van der Waals surface area contributed by atoms with E-state index in [1.807, 2.05) is 36.5 Å². The summed E-state index contributed by atoms with van der Waals surface area (Å²) in [5.74, 6) is 0.117. The lowest BCUT2D eigenvalue weighted by Gasteiger charge is -2.16. The zero-order chi connectivity index (χ0) is 20.5. The van der Waals surface area contributed by atoms with E-state index in [1.165, 1.54) is 16.6 Å². The second-order valence-electron chi connectivity index (χ2n) is 7.21. The lowest BCUT2D eigenvalue weighted by atomic mass is 10.1. The molecule has 5 rings (SSSR count). The standard InChI is InChI=1S/C22H19FN6O/c23-19-9-8-17(25-22(30)28-10-4-5-11-28)12-18(19)20-26-21-24-13-16(14-29(21)27-20)15-6-2-1-3-7-15/h1-3,6-9,12-14H,4-5,10-11H2,(H,25,30). The minimum absolute atomic E-state index is 0.179. The quantitative estimate of drug-likeness (QED) is 0.557. The van der Waals surface area contributed by atoms with Gasteiger partial charge >= 0.3 is 6.03 Å². The molecule has 0 atom stereocenters. The van der Waals surface area contributed by atoms with Crippen molar-refractivity contribution in [3.05, 3.63) is 66.7 Å². The Morgan fingerprint density at radius 2 is 1.83 bits per heavy atom. The highest BCUT2D eigenvalue weighted by atomic mass is 19.1. The number of likely N-dealkylation sites (tertiary alicyclic amines) is 1. The summed E-state index contributed by atoms with van der Waals surface area (Å²) in [6, 6.07) is 14.0. The average molecular weight is 402 g/mol. The van der Waals surface area contributed by atoms with E-state index in [0.717, 1.165) is 37.1 Å². The van der Waals surface area contributed by atoms with Crippen molar-refractivity contribution in [2.45, 2.75) is 12.8 Å². The fraction of sp³-hybridized carbons (Fsp3) is 0.182. The van der Waals surface area contributed by atoms with Gasteiger partial charge in [-0.15, -0.1) is 5.10 Å². The Morgan fingerprint density at radius 3 is 2.63 bits per heavy atom. The molecule has 0 unspecified atom stereocenters. The topological polar surface area (TPSA) is 75.4 Å². The van der Waals surface area contributed by atoms with Crippen LogP contribution < -0.4 is 5.32 Å². The van der Waals surface area contributed by atoms with Crippen molar-refractivity contribution < 1.29 is 9.18 Å². The molecule has 150 valence electrons. The van der Waals surface area contributed by atoms with Gasteiger partial charge < -0.3 is 10.2 Å². The molecule has 1 aliphatic heterocycles. The Labute approximate surface area is 172 Å². The number of urea groups is 1. The molecule has 0 spiro atoms. The maximum Gasteiger partial charge on any atom is 0.321 e. The lowest BCUT2D eigenvalue weighted by molar-refractivity contribution is 0.222. The van der Waals surface area contributed by atoms with E-state index in [0.29, 0.717) is 11.5 Å². The van der Waals surface area contributed by atoms with Crippen molar-refractivity contribution in [3.8, 4) is 22.5 Å². The number of carbonyl (C=O) groups is 1. The molecule has 7 nitrogen and oxygen atoms in total. The zero-order valence-corrected chi connectivity index (χ0v) is 16.1. The summed E-state index contributed by atoms with van der Waals surface area (Å²) in [7, 11) is 0. The highest BCUT2D eigenvalue weighted by molar-refractivity contribution is 5.90. The molecule has 0 radical (unpaired) electrons. The van der Waals surface area contributed by atoms with E-state index in [1.54, 1.807) is 17.2 Å². The Bertz CT molecular complexity index is 1220. The van der Waals surface area contributed by atoms with Crippen LogP contribution >= 0.6 is 0 Å². The number of hydrogen-bond acceptors (Lipinski definition) is 4. The first kappa shape index (κ1) is 18.2. The van der Waals surface area contributed by atoms with Crippen LogP contribution in [0.1, 0.15) is 12.8 Å².